The standard InChI is InChI=1S/C27H45NO3/c1-15-4-7-25-27(3,31)21-6-5-17-18(20(21)14-28(25)13-15)11-22-19(17)12-24(30)23-10-16(29)8-9-26(22,23)2/h15-25,29-31H,4-14H2,1-3H3/t15-,16-,17+,18-,19+,20-,21+,22+,23+,24-,25+,26+,27-/m0/s1. The fourth-order valence-electron chi connectivity index (χ4n) is 10.6. The van der Waals surface area contributed by atoms with Crippen LogP contribution in [-0.2, 0) is 0 Å². The molecule has 4 aliphatic carbocycles. The molecule has 0 spiro atoms. The molecule has 0 aromatic heterocycles. The van der Waals surface area contributed by atoms with Gasteiger partial charge in [0.15, 0.2) is 0 Å². The van der Waals surface area contributed by atoms with Crippen LogP contribution in [0.25, 0.3) is 0 Å². The van der Waals surface area contributed by atoms with Crippen molar-refractivity contribution in [1.29, 1.82) is 0 Å². The van der Waals surface area contributed by atoms with Gasteiger partial charge in [-0.3, -0.25) is 4.90 Å². The van der Waals surface area contributed by atoms with Crippen LogP contribution in [-0.4, -0.2) is 57.2 Å². The Morgan fingerprint density at radius 2 is 1.55 bits per heavy atom. The van der Waals surface area contributed by atoms with Crippen molar-refractivity contribution in [1.82, 2.24) is 4.90 Å². The SMILES string of the molecule is C[C@H]1CC[C@H]2N(C1)C[C@H]1[C@H]3C[C@@H]4[C@H](C[C@H](O)[C@H]5C[C@@H](O)CC[C@]45C)[C@@H]3CC[C@H]1[C@]2(C)O. The number of hydrogen-bond donors (Lipinski definition) is 3. The molecule has 0 bridgehead atoms. The molecule has 2 heterocycles. The van der Waals surface area contributed by atoms with E-state index in [1.807, 2.05) is 0 Å². The van der Waals surface area contributed by atoms with Crippen molar-refractivity contribution < 1.29 is 15.3 Å². The Hall–Kier alpha value is -0.160. The lowest BCUT2D eigenvalue weighted by Crippen LogP contribution is -2.67. The van der Waals surface area contributed by atoms with Crippen molar-refractivity contribution in [2.24, 2.45) is 52.8 Å². The second-order valence-corrected chi connectivity index (χ2v) is 13.4. The fourth-order valence-corrected chi connectivity index (χ4v) is 10.6. The highest BCUT2D eigenvalue weighted by atomic mass is 16.3. The van der Waals surface area contributed by atoms with E-state index in [1.54, 1.807) is 0 Å². The van der Waals surface area contributed by atoms with E-state index in [1.165, 1.54) is 32.2 Å². The molecule has 6 aliphatic rings. The van der Waals surface area contributed by atoms with Gasteiger partial charge in [0.2, 0.25) is 0 Å². The normalized spacial score (nSPS) is 61.5. The van der Waals surface area contributed by atoms with Crippen molar-refractivity contribution in [3.05, 3.63) is 0 Å². The lowest BCUT2D eigenvalue weighted by atomic mass is 9.51. The zero-order chi connectivity index (χ0) is 21.7. The molecule has 31 heavy (non-hydrogen) atoms. The molecule has 176 valence electrons. The third-order valence-electron chi connectivity index (χ3n) is 12.0. The summed E-state index contributed by atoms with van der Waals surface area (Å²) < 4.78 is 0. The Kier molecular flexibility index (Phi) is 4.94. The molecule has 4 heteroatoms. The first-order valence-electron chi connectivity index (χ1n) is 13.5. The maximum atomic E-state index is 11.8. The Morgan fingerprint density at radius 1 is 0.742 bits per heavy atom. The van der Waals surface area contributed by atoms with Crippen LogP contribution in [0.1, 0.15) is 78.6 Å². The minimum atomic E-state index is -0.553. The van der Waals surface area contributed by atoms with Crippen LogP contribution < -0.4 is 0 Å². The minimum Gasteiger partial charge on any atom is -0.393 e. The van der Waals surface area contributed by atoms with Gasteiger partial charge in [-0.2, -0.15) is 0 Å². The largest absolute Gasteiger partial charge is 0.393 e. The van der Waals surface area contributed by atoms with Gasteiger partial charge in [-0.05, 0) is 117 Å². The summed E-state index contributed by atoms with van der Waals surface area (Å²) in [4.78, 5) is 2.68. The average Bonchev–Trinajstić information content (AvgIpc) is 3.09. The van der Waals surface area contributed by atoms with Gasteiger partial charge in [0.25, 0.3) is 0 Å². The second-order valence-electron chi connectivity index (χ2n) is 13.4. The summed E-state index contributed by atoms with van der Waals surface area (Å²) in [6.07, 6.45) is 9.43. The Labute approximate surface area is 188 Å². The lowest BCUT2D eigenvalue weighted by Gasteiger charge is -2.60. The molecule has 6 rings (SSSR count). The number of piperidine rings is 2. The first-order valence-corrected chi connectivity index (χ1v) is 13.5. The van der Waals surface area contributed by atoms with Crippen LogP contribution in [0.15, 0.2) is 0 Å². The van der Waals surface area contributed by atoms with Crippen molar-refractivity contribution in [2.75, 3.05) is 13.1 Å². The molecule has 0 aromatic rings. The third-order valence-corrected chi connectivity index (χ3v) is 12.0. The van der Waals surface area contributed by atoms with Gasteiger partial charge >= 0.3 is 0 Å². The number of fused-ring (bicyclic) bond motifs is 8. The summed E-state index contributed by atoms with van der Waals surface area (Å²) >= 11 is 0. The molecule has 0 aromatic carbocycles. The summed E-state index contributed by atoms with van der Waals surface area (Å²) in [5, 5.41) is 33.3. The smallest absolute Gasteiger partial charge is 0.0805 e. The van der Waals surface area contributed by atoms with E-state index in [2.05, 4.69) is 25.7 Å². The van der Waals surface area contributed by atoms with Crippen molar-refractivity contribution in [3.8, 4) is 0 Å². The number of hydrogen-bond acceptors (Lipinski definition) is 4. The van der Waals surface area contributed by atoms with Crippen LogP contribution in [0.2, 0.25) is 0 Å². The zero-order valence-corrected chi connectivity index (χ0v) is 19.9. The topological polar surface area (TPSA) is 63.9 Å². The molecule has 3 N–H and O–H groups in total. The van der Waals surface area contributed by atoms with E-state index in [9.17, 15) is 15.3 Å². The van der Waals surface area contributed by atoms with Gasteiger partial charge in [0, 0.05) is 19.1 Å². The Balaban J connectivity index is 1.30. The van der Waals surface area contributed by atoms with Gasteiger partial charge in [-0.25, -0.2) is 0 Å². The van der Waals surface area contributed by atoms with Gasteiger partial charge in [-0.1, -0.05) is 13.8 Å². The van der Waals surface area contributed by atoms with Gasteiger partial charge < -0.3 is 15.3 Å². The van der Waals surface area contributed by atoms with Crippen molar-refractivity contribution >= 4 is 0 Å². The highest BCUT2D eigenvalue weighted by Crippen LogP contribution is 2.67. The van der Waals surface area contributed by atoms with Crippen molar-refractivity contribution in [3.63, 3.8) is 0 Å². The fraction of sp³-hybridized carbons (Fsp3) is 1.00. The quantitative estimate of drug-likeness (QED) is 0.547. The predicted molar refractivity (Wildman–Crippen MR) is 121 cm³/mol. The molecule has 13 atom stereocenters. The maximum Gasteiger partial charge on any atom is 0.0805 e. The summed E-state index contributed by atoms with van der Waals surface area (Å²) in [7, 11) is 0. The molecule has 0 unspecified atom stereocenters. The van der Waals surface area contributed by atoms with E-state index in [0.29, 0.717) is 35.6 Å². The molecule has 4 saturated carbocycles. The second kappa shape index (κ2) is 7.17. The van der Waals surface area contributed by atoms with Gasteiger partial charge in [0.1, 0.15) is 0 Å². The molecule has 2 aliphatic heterocycles. The highest BCUT2D eigenvalue weighted by Gasteiger charge is 2.64. The molecule has 0 radical (unpaired) electrons. The van der Waals surface area contributed by atoms with Crippen LogP contribution in [0.5, 0.6) is 0 Å². The van der Waals surface area contributed by atoms with Gasteiger partial charge in [-0.15, -0.1) is 0 Å². The molecular weight excluding hydrogens is 386 g/mol. The number of rotatable bonds is 0. The summed E-state index contributed by atoms with van der Waals surface area (Å²) in [6.45, 7) is 9.36. The molecule has 2 saturated heterocycles. The Bertz CT molecular complexity index is 711. The van der Waals surface area contributed by atoms with Gasteiger partial charge in [0.05, 0.1) is 17.8 Å². The molecule has 6 fully saturated rings. The Morgan fingerprint density at radius 3 is 2.35 bits per heavy atom. The summed E-state index contributed by atoms with van der Waals surface area (Å²) in [5.41, 5.74) is -0.365. The van der Waals surface area contributed by atoms with Crippen LogP contribution in [0.3, 0.4) is 0 Å². The van der Waals surface area contributed by atoms with Crippen LogP contribution >= 0.6 is 0 Å². The molecule has 4 nitrogen and oxygen atoms in total. The van der Waals surface area contributed by atoms with Crippen LogP contribution in [0.4, 0.5) is 0 Å². The van der Waals surface area contributed by atoms with E-state index < -0.39 is 5.60 Å². The first-order chi connectivity index (χ1) is 14.7. The minimum absolute atomic E-state index is 0.188. The zero-order valence-electron chi connectivity index (χ0n) is 19.9. The predicted octanol–water partition coefficient (Wildman–Crippen LogP) is 3.68. The summed E-state index contributed by atoms with van der Waals surface area (Å²) in [5.74, 6) is 4.89. The van der Waals surface area contributed by atoms with E-state index in [-0.39, 0.29) is 23.5 Å². The third kappa shape index (κ3) is 3.00. The molecule has 0 amide bonds. The van der Waals surface area contributed by atoms with E-state index in [0.717, 1.165) is 50.5 Å². The van der Waals surface area contributed by atoms with E-state index >= 15 is 0 Å². The molecular formula is C27H45NO3. The highest BCUT2D eigenvalue weighted by molar-refractivity contribution is 5.14. The number of aliphatic hydroxyl groups excluding tert-OH is 2. The van der Waals surface area contributed by atoms with E-state index in [4.69, 9.17) is 0 Å². The average molecular weight is 432 g/mol. The van der Waals surface area contributed by atoms with Crippen molar-refractivity contribution in [2.45, 2.75) is 102 Å². The van der Waals surface area contributed by atoms with Crippen LogP contribution in [0, 0.1) is 52.8 Å². The first kappa shape index (κ1) is 21.4. The maximum absolute atomic E-state index is 11.8. The number of nitrogens with zero attached hydrogens (tertiary/aromatic N) is 1. The number of aliphatic hydroxyl groups is 3. The monoisotopic (exact) mass is 431 g/mol. The lowest BCUT2D eigenvalue weighted by molar-refractivity contribution is -0.176. The summed E-state index contributed by atoms with van der Waals surface area (Å²) in [6, 6.07) is 0.355.